The molecule has 3 aromatic carbocycles. The van der Waals surface area contributed by atoms with Crippen molar-refractivity contribution in [1.82, 2.24) is 19.2 Å². The number of fused-ring (bicyclic) bond motifs is 3. The summed E-state index contributed by atoms with van der Waals surface area (Å²) in [5, 5.41) is 8.14. The molecule has 1 atom stereocenters. The molecule has 0 spiro atoms. The number of para-hydroxylation sites is 1. The maximum absolute atomic E-state index is 14.2. The molecule has 1 aliphatic rings. The number of amides is 2. The Kier molecular flexibility index (Phi) is 6.19. The monoisotopic (exact) mass is 517 g/mol. The van der Waals surface area contributed by atoms with Gasteiger partial charge in [0.15, 0.2) is 0 Å². The van der Waals surface area contributed by atoms with Crippen LogP contribution in [-0.2, 0) is 6.54 Å². The van der Waals surface area contributed by atoms with Crippen molar-refractivity contribution in [3.63, 3.8) is 0 Å². The van der Waals surface area contributed by atoms with E-state index in [1.54, 1.807) is 7.11 Å². The lowest BCUT2D eigenvalue weighted by atomic mass is 10.0. The Balaban J connectivity index is 1.53. The van der Waals surface area contributed by atoms with Crippen molar-refractivity contribution in [1.29, 1.82) is 0 Å². The number of anilines is 1. The number of nitrogens with zero attached hydrogens (tertiary/aromatic N) is 4. The van der Waals surface area contributed by atoms with E-state index in [0.717, 1.165) is 56.6 Å². The number of carbonyl (C=O) groups is 1. The second kappa shape index (κ2) is 9.83. The lowest BCUT2D eigenvalue weighted by Gasteiger charge is -2.31. The van der Waals surface area contributed by atoms with E-state index in [2.05, 4.69) is 28.2 Å². The van der Waals surface area contributed by atoms with Crippen LogP contribution in [0.3, 0.4) is 0 Å². The minimum atomic E-state index is -0.341. The van der Waals surface area contributed by atoms with Crippen LogP contribution in [0.5, 0.6) is 5.75 Å². The molecule has 7 nitrogen and oxygen atoms in total. The topological polar surface area (TPSA) is 64.3 Å². The lowest BCUT2D eigenvalue weighted by Crippen LogP contribution is -2.38. The third-order valence-corrected chi connectivity index (χ3v) is 7.41. The standard InChI is InChI=1S/C32H31N5O2/c1-21-12-13-22(2)28(19-21)33-32(38)36-20-27-23(3)34-37(25-9-6-5-7-10-25)31(27)35-18-8-11-29(35)30(36)24-14-16-26(39-4)17-15-24/h5-19,30H,20H2,1-4H3,(H,33,38). The number of hydrogen-bond acceptors (Lipinski definition) is 3. The fourth-order valence-corrected chi connectivity index (χ4v) is 5.34. The van der Waals surface area contributed by atoms with Gasteiger partial charge in [0.05, 0.1) is 36.8 Å². The van der Waals surface area contributed by atoms with Gasteiger partial charge in [-0.15, -0.1) is 0 Å². The zero-order valence-corrected chi connectivity index (χ0v) is 22.6. The lowest BCUT2D eigenvalue weighted by molar-refractivity contribution is 0.194. The van der Waals surface area contributed by atoms with E-state index < -0.39 is 0 Å². The van der Waals surface area contributed by atoms with Crippen LogP contribution in [0.4, 0.5) is 10.5 Å². The molecule has 0 radical (unpaired) electrons. The Bertz CT molecular complexity index is 1650. The van der Waals surface area contributed by atoms with E-state index in [9.17, 15) is 4.79 Å². The quantitative estimate of drug-likeness (QED) is 0.287. The van der Waals surface area contributed by atoms with Crippen molar-refractivity contribution >= 4 is 11.7 Å². The smallest absolute Gasteiger partial charge is 0.322 e. The average Bonchev–Trinajstić information content (AvgIpc) is 3.51. The van der Waals surface area contributed by atoms with Gasteiger partial charge in [0.2, 0.25) is 0 Å². The van der Waals surface area contributed by atoms with E-state index in [-0.39, 0.29) is 12.1 Å². The molecule has 7 heteroatoms. The molecule has 1 aliphatic heterocycles. The average molecular weight is 518 g/mol. The summed E-state index contributed by atoms with van der Waals surface area (Å²) in [5.74, 6) is 1.72. The Labute approximate surface area is 228 Å². The Morgan fingerprint density at radius 1 is 0.949 bits per heavy atom. The van der Waals surface area contributed by atoms with Crippen LogP contribution in [0.25, 0.3) is 11.5 Å². The largest absolute Gasteiger partial charge is 0.497 e. The number of aromatic nitrogens is 3. The van der Waals surface area contributed by atoms with Gasteiger partial charge < -0.3 is 19.5 Å². The number of hydrogen-bond donors (Lipinski definition) is 1. The summed E-state index contributed by atoms with van der Waals surface area (Å²) in [5.41, 5.74) is 7.75. The third-order valence-electron chi connectivity index (χ3n) is 7.41. The van der Waals surface area contributed by atoms with E-state index in [4.69, 9.17) is 9.84 Å². The number of urea groups is 1. The number of aryl methyl sites for hydroxylation is 3. The molecule has 2 amide bonds. The molecular formula is C32H31N5O2. The molecule has 1 unspecified atom stereocenters. The summed E-state index contributed by atoms with van der Waals surface area (Å²) >= 11 is 0. The van der Waals surface area contributed by atoms with Crippen LogP contribution < -0.4 is 10.1 Å². The van der Waals surface area contributed by atoms with Crippen LogP contribution >= 0.6 is 0 Å². The highest BCUT2D eigenvalue weighted by Gasteiger charge is 2.36. The van der Waals surface area contributed by atoms with Gasteiger partial charge in [0, 0.05) is 17.4 Å². The van der Waals surface area contributed by atoms with Crippen LogP contribution in [-0.4, -0.2) is 32.4 Å². The molecule has 0 fully saturated rings. The molecule has 5 aromatic rings. The SMILES string of the molecule is COc1ccc(C2c3cccn3-c3c(c(C)nn3-c3ccccc3)CN2C(=O)Nc2cc(C)ccc2C)cc1. The van der Waals surface area contributed by atoms with Gasteiger partial charge in [-0.3, -0.25) is 0 Å². The normalized spacial score (nSPS) is 14.4. The van der Waals surface area contributed by atoms with E-state index in [1.165, 1.54) is 0 Å². The summed E-state index contributed by atoms with van der Waals surface area (Å²) in [6, 6.07) is 27.8. The van der Waals surface area contributed by atoms with Crippen LogP contribution in [0, 0.1) is 20.8 Å². The highest BCUT2D eigenvalue weighted by Crippen LogP contribution is 2.39. The summed E-state index contributed by atoms with van der Waals surface area (Å²) in [6.45, 7) is 6.44. The van der Waals surface area contributed by atoms with Crippen molar-refractivity contribution < 1.29 is 9.53 Å². The van der Waals surface area contributed by atoms with Gasteiger partial charge in [-0.05, 0) is 79.9 Å². The van der Waals surface area contributed by atoms with Gasteiger partial charge in [-0.2, -0.15) is 5.10 Å². The first-order valence-corrected chi connectivity index (χ1v) is 13.0. The first-order chi connectivity index (χ1) is 18.9. The predicted molar refractivity (Wildman–Crippen MR) is 153 cm³/mol. The number of methoxy groups -OCH3 is 1. The third kappa shape index (κ3) is 4.36. The molecule has 196 valence electrons. The molecule has 6 rings (SSSR count). The first kappa shape index (κ1) is 24.6. The zero-order chi connectivity index (χ0) is 27.1. The van der Waals surface area contributed by atoms with Crippen LogP contribution in [0.1, 0.15) is 39.7 Å². The summed E-state index contributed by atoms with van der Waals surface area (Å²) in [6.07, 6.45) is 2.05. The first-order valence-electron chi connectivity index (χ1n) is 13.0. The molecule has 1 N–H and O–H groups in total. The van der Waals surface area contributed by atoms with Gasteiger partial charge >= 0.3 is 6.03 Å². The zero-order valence-electron chi connectivity index (χ0n) is 22.6. The van der Waals surface area contributed by atoms with Gasteiger partial charge in [0.1, 0.15) is 11.6 Å². The van der Waals surface area contributed by atoms with E-state index in [1.807, 2.05) is 103 Å². The van der Waals surface area contributed by atoms with Gasteiger partial charge in [0.25, 0.3) is 0 Å². The van der Waals surface area contributed by atoms with Crippen molar-refractivity contribution in [2.45, 2.75) is 33.4 Å². The Morgan fingerprint density at radius 2 is 1.72 bits per heavy atom. The maximum Gasteiger partial charge on any atom is 0.322 e. The van der Waals surface area contributed by atoms with Gasteiger partial charge in [-0.1, -0.05) is 42.5 Å². The molecular weight excluding hydrogens is 486 g/mol. The number of nitrogens with one attached hydrogen (secondary N) is 1. The van der Waals surface area contributed by atoms with Crippen molar-refractivity contribution in [2.75, 3.05) is 12.4 Å². The Hall–Kier alpha value is -4.78. The number of benzene rings is 3. The molecule has 0 saturated carbocycles. The fourth-order valence-electron chi connectivity index (χ4n) is 5.34. The van der Waals surface area contributed by atoms with E-state index >= 15 is 0 Å². The second-order valence-corrected chi connectivity index (χ2v) is 9.99. The number of carbonyl (C=O) groups excluding carboxylic acids is 1. The van der Waals surface area contributed by atoms with E-state index in [0.29, 0.717) is 6.54 Å². The van der Waals surface area contributed by atoms with Crippen molar-refractivity contribution in [2.24, 2.45) is 0 Å². The second-order valence-electron chi connectivity index (χ2n) is 9.99. The van der Waals surface area contributed by atoms with Crippen LogP contribution in [0.15, 0.2) is 91.1 Å². The number of rotatable bonds is 4. The highest BCUT2D eigenvalue weighted by molar-refractivity contribution is 5.91. The van der Waals surface area contributed by atoms with Crippen molar-refractivity contribution in [3.05, 3.63) is 125 Å². The molecule has 39 heavy (non-hydrogen) atoms. The maximum atomic E-state index is 14.2. The molecule has 2 aromatic heterocycles. The summed E-state index contributed by atoms with van der Waals surface area (Å²) in [4.78, 5) is 16.1. The van der Waals surface area contributed by atoms with Crippen molar-refractivity contribution in [3.8, 4) is 17.3 Å². The molecule has 3 heterocycles. The summed E-state index contributed by atoms with van der Waals surface area (Å²) in [7, 11) is 1.66. The minimum Gasteiger partial charge on any atom is -0.497 e. The molecule has 0 saturated heterocycles. The van der Waals surface area contributed by atoms with Gasteiger partial charge in [-0.25, -0.2) is 9.48 Å². The highest BCUT2D eigenvalue weighted by atomic mass is 16.5. The minimum absolute atomic E-state index is 0.169. The number of ether oxygens (including phenoxy) is 1. The Morgan fingerprint density at radius 3 is 2.46 bits per heavy atom. The fraction of sp³-hybridized carbons (Fsp3) is 0.188. The summed E-state index contributed by atoms with van der Waals surface area (Å²) < 4.78 is 9.57. The molecule has 0 aliphatic carbocycles. The predicted octanol–water partition coefficient (Wildman–Crippen LogP) is 6.73. The van der Waals surface area contributed by atoms with Crippen LogP contribution in [0.2, 0.25) is 0 Å². The molecule has 0 bridgehead atoms.